The van der Waals surface area contributed by atoms with Crippen LogP contribution < -0.4 is 0 Å². The Morgan fingerprint density at radius 2 is 1.87 bits per heavy atom. The van der Waals surface area contributed by atoms with Gasteiger partial charge in [0.1, 0.15) is 0 Å². The zero-order valence-corrected chi connectivity index (χ0v) is 13.7. The number of piperidine rings is 1. The van der Waals surface area contributed by atoms with E-state index in [4.69, 9.17) is 9.15 Å². The predicted molar refractivity (Wildman–Crippen MR) is 83.9 cm³/mol. The van der Waals surface area contributed by atoms with Crippen LogP contribution in [0.25, 0.3) is 0 Å². The van der Waals surface area contributed by atoms with Gasteiger partial charge in [-0.2, -0.15) is 0 Å². The number of furan rings is 1. The molecular formula is C17H24N2O4. The van der Waals surface area contributed by atoms with E-state index in [1.807, 2.05) is 18.7 Å². The molecule has 0 aromatic carbocycles. The number of carbonyl (C=O) groups excluding carboxylic acids is 2. The predicted octanol–water partition coefficient (Wildman–Crippen LogP) is 1.77. The van der Waals surface area contributed by atoms with Crippen molar-refractivity contribution in [2.24, 2.45) is 5.92 Å². The second-order valence-corrected chi connectivity index (χ2v) is 6.57. The number of amides is 2. The highest BCUT2D eigenvalue weighted by atomic mass is 16.5. The molecule has 0 radical (unpaired) electrons. The average Bonchev–Trinajstić information content (AvgIpc) is 3.07. The van der Waals surface area contributed by atoms with E-state index < -0.39 is 0 Å². The van der Waals surface area contributed by atoms with E-state index in [1.165, 1.54) is 6.26 Å². The Hall–Kier alpha value is -1.82. The maximum absolute atomic E-state index is 12.8. The normalized spacial score (nSPS) is 28.7. The van der Waals surface area contributed by atoms with Gasteiger partial charge in [-0.15, -0.1) is 0 Å². The van der Waals surface area contributed by atoms with Crippen molar-refractivity contribution in [1.82, 2.24) is 9.80 Å². The molecule has 3 heterocycles. The Morgan fingerprint density at radius 1 is 1.13 bits per heavy atom. The lowest BCUT2D eigenvalue weighted by atomic mass is 9.95. The first-order chi connectivity index (χ1) is 11.0. The number of nitrogens with zero attached hydrogens (tertiary/aromatic N) is 2. The maximum atomic E-state index is 12.8. The summed E-state index contributed by atoms with van der Waals surface area (Å²) in [7, 11) is 0. The molecule has 0 aliphatic carbocycles. The zero-order valence-electron chi connectivity index (χ0n) is 13.7. The van der Waals surface area contributed by atoms with Crippen LogP contribution in [0.5, 0.6) is 0 Å². The monoisotopic (exact) mass is 320 g/mol. The van der Waals surface area contributed by atoms with Gasteiger partial charge < -0.3 is 19.0 Å². The number of morpholine rings is 1. The van der Waals surface area contributed by atoms with Crippen LogP contribution in [0.3, 0.4) is 0 Å². The summed E-state index contributed by atoms with van der Waals surface area (Å²) < 4.78 is 10.9. The van der Waals surface area contributed by atoms with Gasteiger partial charge in [-0.1, -0.05) is 0 Å². The van der Waals surface area contributed by atoms with Gasteiger partial charge >= 0.3 is 0 Å². The summed E-state index contributed by atoms with van der Waals surface area (Å²) in [5, 5.41) is 0. The van der Waals surface area contributed by atoms with E-state index in [0.29, 0.717) is 31.9 Å². The van der Waals surface area contributed by atoms with Gasteiger partial charge in [-0.05, 0) is 38.8 Å². The molecule has 6 nitrogen and oxygen atoms in total. The molecule has 1 aromatic heterocycles. The molecule has 2 saturated heterocycles. The third kappa shape index (κ3) is 3.58. The van der Waals surface area contributed by atoms with E-state index in [2.05, 4.69) is 0 Å². The molecule has 0 N–H and O–H groups in total. The van der Waals surface area contributed by atoms with Crippen molar-refractivity contribution >= 4 is 11.8 Å². The third-order valence-electron chi connectivity index (χ3n) is 4.52. The largest absolute Gasteiger partial charge is 0.459 e. The van der Waals surface area contributed by atoms with Crippen molar-refractivity contribution in [3.05, 3.63) is 24.2 Å². The highest BCUT2D eigenvalue weighted by Gasteiger charge is 2.34. The smallest absolute Gasteiger partial charge is 0.289 e. The summed E-state index contributed by atoms with van der Waals surface area (Å²) in [6, 6.07) is 3.37. The first-order valence-corrected chi connectivity index (χ1v) is 8.31. The first kappa shape index (κ1) is 16.1. The summed E-state index contributed by atoms with van der Waals surface area (Å²) in [5.74, 6) is 0.229. The quantitative estimate of drug-likeness (QED) is 0.833. The van der Waals surface area contributed by atoms with Crippen molar-refractivity contribution in [2.45, 2.75) is 38.9 Å². The fourth-order valence-electron chi connectivity index (χ4n) is 3.54. The van der Waals surface area contributed by atoms with Crippen LogP contribution in [0.4, 0.5) is 0 Å². The Morgan fingerprint density at radius 3 is 2.52 bits per heavy atom. The molecule has 6 heteroatoms. The molecule has 2 fully saturated rings. The lowest BCUT2D eigenvalue weighted by molar-refractivity contribution is -0.148. The lowest BCUT2D eigenvalue weighted by Crippen LogP contribution is -2.53. The molecule has 2 aliphatic heterocycles. The van der Waals surface area contributed by atoms with E-state index >= 15 is 0 Å². The summed E-state index contributed by atoms with van der Waals surface area (Å²) in [6.45, 7) is 6.39. The van der Waals surface area contributed by atoms with Gasteiger partial charge in [0.2, 0.25) is 5.91 Å². The molecule has 1 aromatic rings. The lowest BCUT2D eigenvalue weighted by Gasteiger charge is -2.39. The third-order valence-corrected chi connectivity index (χ3v) is 4.52. The Kier molecular flexibility index (Phi) is 4.71. The van der Waals surface area contributed by atoms with Gasteiger partial charge in [-0.25, -0.2) is 0 Å². The van der Waals surface area contributed by atoms with E-state index in [1.54, 1.807) is 17.0 Å². The minimum absolute atomic E-state index is 0.0622. The molecule has 3 atom stereocenters. The highest BCUT2D eigenvalue weighted by molar-refractivity contribution is 5.92. The number of likely N-dealkylation sites (tertiary alicyclic amines) is 1. The van der Waals surface area contributed by atoms with Crippen LogP contribution in [0.15, 0.2) is 22.8 Å². The molecule has 0 saturated carbocycles. The standard InChI is InChI=1S/C17H24N2O4/c1-12-9-19(10-13(2)23-12)16(20)14-5-3-7-18(11-14)17(21)15-6-4-8-22-15/h4,6,8,12-14H,3,5,7,9-11H2,1-2H3. The number of hydrogen-bond donors (Lipinski definition) is 0. The molecule has 2 aliphatic rings. The van der Waals surface area contributed by atoms with Gasteiger partial charge in [0.25, 0.3) is 5.91 Å². The van der Waals surface area contributed by atoms with Crippen molar-refractivity contribution in [2.75, 3.05) is 26.2 Å². The second kappa shape index (κ2) is 6.74. The molecule has 3 rings (SSSR count). The maximum Gasteiger partial charge on any atom is 0.289 e. The van der Waals surface area contributed by atoms with Crippen LogP contribution >= 0.6 is 0 Å². The summed E-state index contributed by atoms with van der Waals surface area (Å²) in [5.41, 5.74) is 0. The zero-order chi connectivity index (χ0) is 16.4. The number of hydrogen-bond acceptors (Lipinski definition) is 4. The Labute approximate surface area is 136 Å². The van der Waals surface area contributed by atoms with Crippen LogP contribution in [-0.4, -0.2) is 60.0 Å². The number of rotatable bonds is 2. The van der Waals surface area contributed by atoms with Crippen LogP contribution in [0.2, 0.25) is 0 Å². The van der Waals surface area contributed by atoms with E-state index in [-0.39, 0.29) is 29.9 Å². The molecule has 23 heavy (non-hydrogen) atoms. The van der Waals surface area contributed by atoms with E-state index in [0.717, 1.165) is 12.8 Å². The van der Waals surface area contributed by atoms with Crippen molar-refractivity contribution in [3.63, 3.8) is 0 Å². The Bertz CT molecular complexity index is 547. The van der Waals surface area contributed by atoms with E-state index in [9.17, 15) is 9.59 Å². The number of carbonyl (C=O) groups is 2. The summed E-state index contributed by atoms with van der Waals surface area (Å²) in [6.07, 6.45) is 3.30. The van der Waals surface area contributed by atoms with Crippen molar-refractivity contribution < 1.29 is 18.7 Å². The van der Waals surface area contributed by atoms with Gasteiger partial charge in [0.05, 0.1) is 24.4 Å². The molecule has 126 valence electrons. The van der Waals surface area contributed by atoms with Gasteiger partial charge in [0.15, 0.2) is 5.76 Å². The Balaban J connectivity index is 1.64. The van der Waals surface area contributed by atoms with Crippen LogP contribution in [0, 0.1) is 5.92 Å². The van der Waals surface area contributed by atoms with Gasteiger partial charge in [0, 0.05) is 26.2 Å². The fourth-order valence-corrected chi connectivity index (χ4v) is 3.54. The van der Waals surface area contributed by atoms with Crippen LogP contribution in [-0.2, 0) is 9.53 Å². The van der Waals surface area contributed by atoms with Crippen LogP contribution in [0.1, 0.15) is 37.2 Å². The fraction of sp³-hybridized carbons (Fsp3) is 0.647. The van der Waals surface area contributed by atoms with Crippen molar-refractivity contribution in [1.29, 1.82) is 0 Å². The van der Waals surface area contributed by atoms with Crippen molar-refractivity contribution in [3.8, 4) is 0 Å². The van der Waals surface area contributed by atoms with Gasteiger partial charge in [-0.3, -0.25) is 9.59 Å². The summed E-state index contributed by atoms with van der Waals surface area (Å²) in [4.78, 5) is 28.8. The minimum atomic E-state index is -0.129. The molecule has 0 spiro atoms. The SMILES string of the molecule is CC1CN(C(=O)C2CCCN(C(=O)c3ccco3)C2)CC(C)O1. The molecule has 0 bridgehead atoms. The first-order valence-electron chi connectivity index (χ1n) is 8.31. The molecule has 2 amide bonds. The second-order valence-electron chi connectivity index (χ2n) is 6.57. The average molecular weight is 320 g/mol. The minimum Gasteiger partial charge on any atom is -0.459 e. The highest BCUT2D eigenvalue weighted by Crippen LogP contribution is 2.23. The molecular weight excluding hydrogens is 296 g/mol. The number of ether oxygens (including phenoxy) is 1. The molecule has 3 unspecified atom stereocenters. The summed E-state index contributed by atoms with van der Waals surface area (Å²) >= 11 is 0. The topological polar surface area (TPSA) is 63.0 Å².